The first-order valence-electron chi connectivity index (χ1n) is 5.61. The number of esters is 2. The third kappa shape index (κ3) is 4.41. The molecule has 0 saturated carbocycles. The van der Waals surface area contributed by atoms with Crippen molar-refractivity contribution in [3.8, 4) is 0 Å². The molecule has 4 nitrogen and oxygen atoms in total. The quantitative estimate of drug-likeness (QED) is 0.573. The highest BCUT2D eigenvalue weighted by Gasteiger charge is 2.18. The summed E-state index contributed by atoms with van der Waals surface area (Å²) < 4.78 is 9.79. The molecule has 1 atom stereocenters. The Kier molecular flexibility index (Phi) is 5.64. The van der Waals surface area contributed by atoms with Crippen LogP contribution in [0.4, 0.5) is 0 Å². The molecule has 4 heteroatoms. The first kappa shape index (κ1) is 14.0. The minimum Gasteiger partial charge on any atom is -0.469 e. The smallest absolute Gasteiger partial charge is 0.338 e. The molecule has 1 aromatic rings. The van der Waals surface area contributed by atoms with Crippen LogP contribution in [-0.4, -0.2) is 25.2 Å². The maximum atomic E-state index is 11.8. The molecule has 0 aromatic heterocycles. The highest BCUT2D eigenvalue weighted by Crippen LogP contribution is 2.10. The number of ether oxygens (including phenoxy) is 2. The Bertz CT molecular complexity index is 411. The van der Waals surface area contributed by atoms with Gasteiger partial charge in [-0.25, -0.2) is 4.79 Å². The van der Waals surface area contributed by atoms with Gasteiger partial charge in [0.1, 0.15) is 6.10 Å². The fourth-order valence-corrected chi connectivity index (χ4v) is 1.42. The van der Waals surface area contributed by atoms with E-state index in [2.05, 4.69) is 11.3 Å². The van der Waals surface area contributed by atoms with Crippen LogP contribution in [0.25, 0.3) is 0 Å². The third-order valence-corrected chi connectivity index (χ3v) is 2.33. The zero-order valence-corrected chi connectivity index (χ0v) is 10.3. The van der Waals surface area contributed by atoms with Crippen LogP contribution in [0.15, 0.2) is 43.0 Å². The second-order valence-corrected chi connectivity index (χ2v) is 3.70. The summed E-state index contributed by atoms with van der Waals surface area (Å²) in [6, 6.07) is 8.63. The van der Waals surface area contributed by atoms with Gasteiger partial charge in [0, 0.05) is 6.42 Å². The first-order chi connectivity index (χ1) is 8.67. The van der Waals surface area contributed by atoms with Gasteiger partial charge in [-0.2, -0.15) is 0 Å². The minimum atomic E-state index is -0.539. The van der Waals surface area contributed by atoms with E-state index in [-0.39, 0.29) is 6.42 Å². The molecule has 96 valence electrons. The van der Waals surface area contributed by atoms with Crippen LogP contribution in [0.1, 0.15) is 23.2 Å². The Balaban J connectivity index is 2.63. The van der Waals surface area contributed by atoms with Gasteiger partial charge in [0.2, 0.25) is 0 Å². The summed E-state index contributed by atoms with van der Waals surface area (Å²) in [5, 5.41) is 0. The van der Waals surface area contributed by atoms with E-state index < -0.39 is 18.0 Å². The number of benzene rings is 1. The largest absolute Gasteiger partial charge is 0.469 e. The zero-order chi connectivity index (χ0) is 13.4. The molecule has 0 heterocycles. The van der Waals surface area contributed by atoms with E-state index in [4.69, 9.17) is 4.74 Å². The van der Waals surface area contributed by atoms with E-state index in [1.54, 1.807) is 30.3 Å². The van der Waals surface area contributed by atoms with E-state index >= 15 is 0 Å². The van der Waals surface area contributed by atoms with Gasteiger partial charge in [-0.3, -0.25) is 4.79 Å². The molecule has 0 saturated heterocycles. The molecular formula is C14H16O4. The molecule has 1 aromatic carbocycles. The number of hydrogen-bond acceptors (Lipinski definition) is 4. The van der Waals surface area contributed by atoms with Gasteiger partial charge < -0.3 is 9.47 Å². The van der Waals surface area contributed by atoms with Gasteiger partial charge in [0.15, 0.2) is 0 Å². The molecule has 0 aliphatic carbocycles. The summed E-state index contributed by atoms with van der Waals surface area (Å²) in [6.45, 7) is 3.57. The lowest BCUT2D eigenvalue weighted by molar-refractivity contribution is -0.142. The van der Waals surface area contributed by atoms with Crippen molar-refractivity contribution in [1.82, 2.24) is 0 Å². The Morgan fingerprint density at radius 2 is 2.00 bits per heavy atom. The van der Waals surface area contributed by atoms with Crippen LogP contribution in [0.2, 0.25) is 0 Å². The van der Waals surface area contributed by atoms with Crippen LogP contribution in [-0.2, 0) is 14.3 Å². The number of carbonyl (C=O) groups is 2. The van der Waals surface area contributed by atoms with Gasteiger partial charge in [0.25, 0.3) is 0 Å². The van der Waals surface area contributed by atoms with Crippen LogP contribution in [0.3, 0.4) is 0 Å². The van der Waals surface area contributed by atoms with Crippen molar-refractivity contribution >= 4 is 11.9 Å². The van der Waals surface area contributed by atoms with Crippen LogP contribution in [0, 0.1) is 0 Å². The Morgan fingerprint density at radius 1 is 1.33 bits per heavy atom. The molecule has 1 unspecified atom stereocenters. The van der Waals surface area contributed by atoms with Gasteiger partial charge in [-0.15, -0.1) is 6.58 Å². The average Bonchev–Trinajstić information content (AvgIpc) is 2.39. The van der Waals surface area contributed by atoms with Crippen LogP contribution in [0.5, 0.6) is 0 Å². The summed E-state index contributed by atoms with van der Waals surface area (Å²) >= 11 is 0. The highest BCUT2D eigenvalue weighted by atomic mass is 16.6. The van der Waals surface area contributed by atoms with Gasteiger partial charge in [-0.1, -0.05) is 24.3 Å². The van der Waals surface area contributed by atoms with E-state index in [0.717, 1.165) is 0 Å². The number of hydrogen-bond donors (Lipinski definition) is 0. The second-order valence-electron chi connectivity index (χ2n) is 3.70. The Morgan fingerprint density at radius 3 is 2.56 bits per heavy atom. The van der Waals surface area contributed by atoms with Gasteiger partial charge >= 0.3 is 11.9 Å². The molecule has 0 spiro atoms. The van der Waals surface area contributed by atoms with Crippen molar-refractivity contribution < 1.29 is 19.1 Å². The lowest BCUT2D eigenvalue weighted by Crippen LogP contribution is -2.22. The van der Waals surface area contributed by atoms with Crippen molar-refractivity contribution in [2.24, 2.45) is 0 Å². The van der Waals surface area contributed by atoms with Crippen molar-refractivity contribution in [3.05, 3.63) is 48.6 Å². The standard InChI is InChI=1S/C14H16O4/c1-3-7-12(10-13(15)17-2)18-14(16)11-8-5-4-6-9-11/h3-6,8-9,12H,1,7,10H2,2H3. The summed E-state index contributed by atoms with van der Waals surface area (Å²) in [6.07, 6.45) is 1.50. The number of methoxy groups -OCH3 is 1. The predicted molar refractivity (Wildman–Crippen MR) is 67.1 cm³/mol. The summed E-state index contributed by atoms with van der Waals surface area (Å²) in [5.41, 5.74) is 0.455. The van der Waals surface area contributed by atoms with Crippen molar-refractivity contribution in [2.75, 3.05) is 7.11 Å². The minimum absolute atomic E-state index is 0.0289. The lowest BCUT2D eigenvalue weighted by atomic mass is 10.1. The maximum Gasteiger partial charge on any atom is 0.338 e. The molecule has 0 aliphatic heterocycles. The lowest BCUT2D eigenvalue weighted by Gasteiger charge is -2.15. The van der Waals surface area contributed by atoms with Crippen molar-refractivity contribution in [2.45, 2.75) is 18.9 Å². The fraction of sp³-hybridized carbons (Fsp3) is 0.286. The van der Waals surface area contributed by atoms with E-state index in [9.17, 15) is 9.59 Å². The monoisotopic (exact) mass is 248 g/mol. The Hall–Kier alpha value is -2.10. The first-order valence-corrected chi connectivity index (χ1v) is 5.61. The average molecular weight is 248 g/mol. The maximum absolute atomic E-state index is 11.8. The summed E-state index contributed by atoms with van der Waals surface area (Å²) in [4.78, 5) is 23.0. The van der Waals surface area contributed by atoms with E-state index in [1.165, 1.54) is 7.11 Å². The molecule has 18 heavy (non-hydrogen) atoms. The molecule has 0 amide bonds. The van der Waals surface area contributed by atoms with Crippen LogP contribution >= 0.6 is 0 Å². The molecule has 0 aliphatic rings. The molecule has 0 N–H and O–H groups in total. The molecule has 1 rings (SSSR count). The summed E-state index contributed by atoms with van der Waals surface area (Å²) in [7, 11) is 1.30. The topological polar surface area (TPSA) is 52.6 Å². The molecule has 0 fully saturated rings. The zero-order valence-electron chi connectivity index (χ0n) is 10.3. The Labute approximate surface area is 106 Å². The van der Waals surface area contributed by atoms with Crippen LogP contribution < -0.4 is 0 Å². The second kappa shape index (κ2) is 7.27. The van der Waals surface area contributed by atoms with Crippen molar-refractivity contribution in [3.63, 3.8) is 0 Å². The highest BCUT2D eigenvalue weighted by molar-refractivity contribution is 5.89. The van der Waals surface area contributed by atoms with Gasteiger partial charge in [-0.05, 0) is 12.1 Å². The van der Waals surface area contributed by atoms with E-state index in [1.807, 2.05) is 6.07 Å². The molecule has 0 bridgehead atoms. The fourth-order valence-electron chi connectivity index (χ4n) is 1.42. The normalized spacial score (nSPS) is 11.4. The third-order valence-electron chi connectivity index (χ3n) is 2.33. The molecule has 0 radical (unpaired) electrons. The van der Waals surface area contributed by atoms with Crippen molar-refractivity contribution in [1.29, 1.82) is 0 Å². The predicted octanol–water partition coefficient (Wildman–Crippen LogP) is 2.35. The number of rotatable bonds is 6. The molecular weight excluding hydrogens is 232 g/mol. The SMILES string of the molecule is C=CCC(CC(=O)OC)OC(=O)c1ccccc1. The van der Waals surface area contributed by atoms with Gasteiger partial charge in [0.05, 0.1) is 19.1 Å². The number of carbonyl (C=O) groups excluding carboxylic acids is 2. The summed E-state index contributed by atoms with van der Waals surface area (Å²) in [5.74, 6) is -0.867. The van der Waals surface area contributed by atoms with E-state index in [0.29, 0.717) is 12.0 Å².